The Bertz CT molecular complexity index is 1030. The summed E-state index contributed by atoms with van der Waals surface area (Å²) in [5.74, 6) is 0.773. The van der Waals surface area contributed by atoms with Gasteiger partial charge in [0.25, 0.3) is 0 Å². The van der Waals surface area contributed by atoms with Crippen LogP contribution in [0.15, 0.2) is 30.3 Å². The molecule has 7 nitrogen and oxygen atoms in total. The summed E-state index contributed by atoms with van der Waals surface area (Å²) in [6, 6.07) is 9.56. The van der Waals surface area contributed by atoms with Crippen molar-refractivity contribution in [3.05, 3.63) is 35.9 Å². The van der Waals surface area contributed by atoms with Gasteiger partial charge in [0.15, 0.2) is 0 Å². The summed E-state index contributed by atoms with van der Waals surface area (Å²) in [4.78, 5) is 31.4. The number of benzene rings is 2. The van der Waals surface area contributed by atoms with E-state index >= 15 is 0 Å². The molecule has 4 rings (SSSR count). The molecule has 0 N–H and O–H groups in total. The Hall–Kier alpha value is -2.51. The first-order chi connectivity index (χ1) is 15.2. The molecule has 2 amide bonds. The molecule has 0 radical (unpaired) electrons. The molecule has 0 unspecified atom stereocenters. The van der Waals surface area contributed by atoms with Crippen molar-refractivity contribution in [3.8, 4) is 5.75 Å². The van der Waals surface area contributed by atoms with Gasteiger partial charge in [0.05, 0.1) is 5.69 Å². The minimum atomic E-state index is -0.621. The van der Waals surface area contributed by atoms with Gasteiger partial charge < -0.3 is 19.3 Å². The van der Waals surface area contributed by atoms with Gasteiger partial charge in [0, 0.05) is 56.0 Å². The van der Waals surface area contributed by atoms with Crippen molar-refractivity contribution >= 4 is 40.2 Å². The van der Waals surface area contributed by atoms with Crippen LogP contribution in [0, 0.1) is 0 Å². The first-order valence-electron chi connectivity index (χ1n) is 11.0. The van der Waals surface area contributed by atoms with Crippen LogP contribution in [-0.2, 0) is 4.74 Å². The third-order valence-electron chi connectivity index (χ3n) is 5.89. The van der Waals surface area contributed by atoms with E-state index in [1.165, 1.54) is 0 Å². The molecule has 2 aromatic rings. The van der Waals surface area contributed by atoms with Crippen molar-refractivity contribution in [2.24, 2.45) is 0 Å². The Kier molecular flexibility index (Phi) is 6.23. The third kappa shape index (κ3) is 4.50. The molecule has 1 atom stereocenters. The van der Waals surface area contributed by atoms with Crippen molar-refractivity contribution in [1.82, 2.24) is 9.80 Å². The molecular weight excluding hydrogens is 430 g/mol. The number of likely N-dealkylation sites (N-methyl/N-ethyl adjacent to an activating group) is 1. The molecular formula is C24H30ClN3O4. The van der Waals surface area contributed by atoms with Crippen molar-refractivity contribution in [1.29, 1.82) is 0 Å². The molecule has 0 saturated carbocycles. The van der Waals surface area contributed by atoms with Crippen LogP contribution in [0.2, 0.25) is 0 Å². The predicted octanol–water partition coefficient (Wildman–Crippen LogP) is 4.66. The van der Waals surface area contributed by atoms with Gasteiger partial charge in [-0.25, -0.2) is 9.59 Å². The third-order valence-corrected chi connectivity index (χ3v) is 6.26. The van der Waals surface area contributed by atoms with Gasteiger partial charge in [-0.2, -0.15) is 0 Å². The summed E-state index contributed by atoms with van der Waals surface area (Å²) in [7, 11) is 2.04. The highest BCUT2D eigenvalue weighted by atomic mass is 35.5. The van der Waals surface area contributed by atoms with Gasteiger partial charge in [-0.05, 0) is 38.8 Å². The lowest BCUT2D eigenvalue weighted by molar-refractivity contribution is 0.0582. The van der Waals surface area contributed by atoms with Gasteiger partial charge in [-0.3, -0.25) is 4.90 Å². The average molecular weight is 460 g/mol. The zero-order chi connectivity index (χ0) is 23.0. The SMILES string of the molecule is CN1CCN(C(=O)Oc2cc3c(c4ccccc24)[C@@H](CCl)CN3C(=O)OC(C)(C)C)CC1. The molecule has 1 saturated heterocycles. The summed E-state index contributed by atoms with van der Waals surface area (Å²) in [6.45, 7) is 8.80. The topological polar surface area (TPSA) is 62.3 Å². The van der Waals surface area contributed by atoms with E-state index in [4.69, 9.17) is 21.1 Å². The fourth-order valence-electron chi connectivity index (χ4n) is 4.26. The maximum atomic E-state index is 13.0. The lowest BCUT2D eigenvalue weighted by atomic mass is 9.95. The first-order valence-corrected chi connectivity index (χ1v) is 11.5. The van der Waals surface area contributed by atoms with Gasteiger partial charge in [-0.15, -0.1) is 11.6 Å². The van der Waals surface area contributed by atoms with Crippen molar-refractivity contribution in [3.63, 3.8) is 0 Å². The van der Waals surface area contributed by atoms with Crippen molar-refractivity contribution < 1.29 is 19.1 Å². The highest BCUT2D eigenvalue weighted by Crippen LogP contribution is 2.46. The Morgan fingerprint density at radius 2 is 1.72 bits per heavy atom. The molecule has 2 aromatic carbocycles. The van der Waals surface area contributed by atoms with E-state index in [1.54, 1.807) is 15.9 Å². The largest absolute Gasteiger partial charge is 0.443 e. The predicted molar refractivity (Wildman–Crippen MR) is 126 cm³/mol. The van der Waals surface area contributed by atoms with Crippen LogP contribution >= 0.6 is 11.6 Å². The number of nitrogens with zero attached hydrogens (tertiary/aromatic N) is 3. The number of rotatable bonds is 2. The summed E-state index contributed by atoms with van der Waals surface area (Å²) >= 11 is 6.30. The van der Waals surface area contributed by atoms with Gasteiger partial charge in [0.1, 0.15) is 11.4 Å². The minimum absolute atomic E-state index is 0.0357. The fraction of sp³-hybridized carbons (Fsp3) is 0.500. The Morgan fingerprint density at radius 1 is 1.06 bits per heavy atom. The Balaban J connectivity index is 1.73. The van der Waals surface area contributed by atoms with E-state index in [9.17, 15) is 9.59 Å². The fourth-order valence-corrected chi connectivity index (χ4v) is 4.51. The number of anilines is 1. The number of fused-ring (bicyclic) bond motifs is 3. The van der Waals surface area contributed by atoms with Gasteiger partial charge in [-0.1, -0.05) is 24.3 Å². The molecule has 172 valence electrons. The van der Waals surface area contributed by atoms with Gasteiger partial charge in [0.2, 0.25) is 0 Å². The molecule has 0 bridgehead atoms. The first kappa shape index (κ1) is 22.7. The molecule has 1 fully saturated rings. The molecule has 0 spiro atoms. The second-order valence-electron chi connectivity index (χ2n) is 9.45. The van der Waals surface area contributed by atoms with Crippen LogP contribution in [-0.4, -0.2) is 73.2 Å². The van der Waals surface area contributed by atoms with E-state index < -0.39 is 11.7 Å². The summed E-state index contributed by atoms with van der Waals surface area (Å²) in [5, 5.41) is 1.76. The lowest BCUT2D eigenvalue weighted by Crippen LogP contribution is -2.48. The monoisotopic (exact) mass is 459 g/mol. The summed E-state index contributed by atoms with van der Waals surface area (Å²) in [5.41, 5.74) is 1.05. The lowest BCUT2D eigenvalue weighted by Gasteiger charge is -2.31. The Labute approximate surface area is 193 Å². The molecule has 0 aromatic heterocycles. The van der Waals surface area contributed by atoms with Crippen molar-refractivity contribution in [2.75, 3.05) is 50.6 Å². The second-order valence-corrected chi connectivity index (χ2v) is 9.76. The number of hydrogen-bond donors (Lipinski definition) is 0. The molecule has 0 aliphatic carbocycles. The number of halogens is 1. The van der Waals surface area contributed by atoms with Crippen LogP contribution < -0.4 is 9.64 Å². The number of carbonyl (C=O) groups excluding carboxylic acids is 2. The van der Waals surface area contributed by atoms with Crippen LogP contribution in [0.4, 0.5) is 15.3 Å². The quantitative estimate of drug-likeness (QED) is 0.611. The zero-order valence-corrected chi connectivity index (χ0v) is 19.8. The zero-order valence-electron chi connectivity index (χ0n) is 19.1. The average Bonchev–Trinajstić information content (AvgIpc) is 3.12. The van der Waals surface area contributed by atoms with E-state index in [0.717, 1.165) is 29.4 Å². The highest BCUT2D eigenvalue weighted by Gasteiger charge is 2.37. The Morgan fingerprint density at radius 3 is 2.34 bits per heavy atom. The number of carbonyl (C=O) groups is 2. The molecule has 2 aliphatic heterocycles. The van der Waals surface area contributed by atoms with Gasteiger partial charge >= 0.3 is 12.2 Å². The normalized spacial score (nSPS) is 19.2. The second kappa shape index (κ2) is 8.79. The maximum absolute atomic E-state index is 13.0. The molecule has 2 aliphatic rings. The van der Waals surface area contributed by atoms with E-state index in [0.29, 0.717) is 37.0 Å². The van der Waals surface area contributed by atoms with Crippen LogP contribution in [0.25, 0.3) is 10.8 Å². The van der Waals surface area contributed by atoms with E-state index in [1.807, 2.05) is 52.1 Å². The van der Waals surface area contributed by atoms with Crippen LogP contribution in [0.5, 0.6) is 5.75 Å². The molecule has 8 heteroatoms. The van der Waals surface area contributed by atoms with Crippen molar-refractivity contribution in [2.45, 2.75) is 32.3 Å². The summed E-state index contributed by atoms with van der Waals surface area (Å²) < 4.78 is 11.5. The van der Waals surface area contributed by atoms with E-state index in [-0.39, 0.29) is 12.0 Å². The number of amides is 2. The van der Waals surface area contributed by atoms with Crippen LogP contribution in [0.3, 0.4) is 0 Å². The minimum Gasteiger partial charge on any atom is -0.443 e. The highest BCUT2D eigenvalue weighted by molar-refractivity contribution is 6.19. The number of alkyl halides is 1. The summed E-state index contributed by atoms with van der Waals surface area (Å²) in [6.07, 6.45) is -0.808. The van der Waals surface area contributed by atoms with Crippen LogP contribution in [0.1, 0.15) is 32.3 Å². The number of piperazine rings is 1. The maximum Gasteiger partial charge on any atom is 0.415 e. The smallest absolute Gasteiger partial charge is 0.415 e. The number of hydrogen-bond acceptors (Lipinski definition) is 5. The standard InChI is InChI=1S/C24H30ClN3O4/c1-24(2,3)32-23(30)28-15-16(14-25)21-18-8-6-5-7-17(18)20(13-19(21)28)31-22(29)27-11-9-26(4)10-12-27/h5-8,13,16H,9-12,14-15H2,1-4H3/t16-/m0/s1. The molecule has 32 heavy (non-hydrogen) atoms. The van der Waals surface area contributed by atoms with E-state index in [2.05, 4.69) is 4.90 Å². The molecule has 2 heterocycles. The number of ether oxygens (including phenoxy) is 2.